The summed E-state index contributed by atoms with van der Waals surface area (Å²) in [5, 5.41) is 5.51. The SMILES string of the molecule is CC(C)(C)c1cccc2c1c1ccc(Oc3[c-]c4c(cc3)c3ccccc3n4-c3ccccn3)[c-]c1c1nccn21.[Pt+2]. The molecule has 0 radical (unpaired) electrons. The van der Waals surface area contributed by atoms with E-state index in [9.17, 15) is 0 Å². The topological polar surface area (TPSA) is 44.3 Å². The number of aromatic nitrogens is 4. The zero-order chi connectivity index (χ0) is 27.7. The van der Waals surface area contributed by atoms with Crippen molar-refractivity contribution in [2.75, 3.05) is 0 Å². The first kappa shape index (κ1) is 26.4. The Bertz CT molecular complexity index is 2280. The summed E-state index contributed by atoms with van der Waals surface area (Å²) < 4.78 is 10.7. The van der Waals surface area contributed by atoms with Gasteiger partial charge < -0.3 is 13.7 Å². The summed E-state index contributed by atoms with van der Waals surface area (Å²) in [6.45, 7) is 6.76. The van der Waals surface area contributed by atoms with Crippen LogP contribution in [0.3, 0.4) is 0 Å². The first-order chi connectivity index (χ1) is 20.0. The van der Waals surface area contributed by atoms with Crippen LogP contribution in [0.2, 0.25) is 0 Å². The fourth-order valence-electron chi connectivity index (χ4n) is 6.03. The predicted molar refractivity (Wildman–Crippen MR) is 165 cm³/mol. The molecule has 0 saturated heterocycles. The number of imidazole rings is 1. The van der Waals surface area contributed by atoms with E-state index in [1.54, 1.807) is 0 Å². The van der Waals surface area contributed by atoms with E-state index < -0.39 is 0 Å². The van der Waals surface area contributed by atoms with Crippen molar-refractivity contribution >= 4 is 49.1 Å². The fraction of sp³-hybridized carbons (Fsp3) is 0.111. The van der Waals surface area contributed by atoms with Crippen molar-refractivity contribution in [1.82, 2.24) is 18.9 Å². The Kier molecular flexibility index (Phi) is 6.18. The minimum Gasteiger partial charge on any atom is -0.503 e. The fourth-order valence-corrected chi connectivity index (χ4v) is 6.03. The summed E-state index contributed by atoms with van der Waals surface area (Å²) in [5.74, 6) is 2.07. The Morgan fingerprint density at radius 1 is 0.690 bits per heavy atom. The van der Waals surface area contributed by atoms with Crippen molar-refractivity contribution in [3.63, 3.8) is 0 Å². The molecule has 206 valence electrons. The van der Waals surface area contributed by atoms with Gasteiger partial charge in [0, 0.05) is 41.1 Å². The van der Waals surface area contributed by atoms with Gasteiger partial charge >= 0.3 is 21.1 Å². The summed E-state index contributed by atoms with van der Waals surface area (Å²) in [6.07, 6.45) is 5.67. The van der Waals surface area contributed by atoms with Gasteiger partial charge in [-0.1, -0.05) is 79.5 Å². The molecule has 0 aliphatic rings. The first-order valence-electron chi connectivity index (χ1n) is 13.8. The van der Waals surface area contributed by atoms with Gasteiger partial charge in [0.05, 0.1) is 5.65 Å². The first-order valence-corrected chi connectivity index (χ1v) is 13.8. The van der Waals surface area contributed by atoms with Crippen LogP contribution in [0.5, 0.6) is 11.5 Å². The number of hydrogen-bond acceptors (Lipinski definition) is 3. The maximum absolute atomic E-state index is 6.43. The molecule has 0 saturated carbocycles. The van der Waals surface area contributed by atoms with Crippen molar-refractivity contribution in [2.45, 2.75) is 26.2 Å². The summed E-state index contributed by atoms with van der Waals surface area (Å²) in [5.41, 5.74) is 5.26. The number of para-hydroxylation sites is 1. The summed E-state index contributed by atoms with van der Waals surface area (Å²) in [7, 11) is 0. The van der Waals surface area contributed by atoms with Crippen molar-refractivity contribution < 1.29 is 25.8 Å². The van der Waals surface area contributed by atoms with E-state index in [0.717, 1.165) is 49.6 Å². The van der Waals surface area contributed by atoms with Gasteiger partial charge in [0.2, 0.25) is 0 Å². The maximum Gasteiger partial charge on any atom is 2.00 e. The summed E-state index contributed by atoms with van der Waals surface area (Å²) in [6, 6.07) is 36.1. The van der Waals surface area contributed by atoms with Crippen LogP contribution >= 0.6 is 0 Å². The van der Waals surface area contributed by atoms with Gasteiger partial charge in [0.1, 0.15) is 5.82 Å². The van der Waals surface area contributed by atoms with Crippen LogP contribution in [0, 0.1) is 12.1 Å². The van der Waals surface area contributed by atoms with Crippen LogP contribution in [0.15, 0.2) is 104 Å². The van der Waals surface area contributed by atoms with E-state index in [0.29, 0.717) is 11.5 Å². The van der Waals surface area contributed by atoms with Crippen molar-refractivity contribution in [3.8, 4) is 17.3 Å². The van der Waals surface area contributed by atoms with E-state index in [4.69, 9.17) is 9.72 Å². The molecule has 42 heavy (non-hydrogen) atoms. The quantitative estimate of drug-likeness (QED) is 0.135. The van der Waals surface area contributed by atoms with E-state index in [1.165, 1.54) is 10.9 Å². The molecule has 0 unspecified atom stereocenters. The van der Waals surface area contributed by atoms with E-state index in [1.807, 2.05) is 55.0 Å². The van der Waals surface area contributed by atoms with E-state index in [-0.39, 0.29) is 26.5 Å². The van der Waals surface area contributed by atoms with Crippen LogP contribution in [0.1, 0.15) is 26.3 Å². The van der Waals surface area contributed by atoms with Crippen LogP contribution in [-0.4, -0.2) is 18.9 Å². The molecular weight excluding hydrogens is 700 g/mol. The molecule has 0 bridgehead atoms. The van der Waals surface area contributed by atoms with Gasteiger partial charge in [-0.25, -0.2) is 4.98 Å². The standard InChI is InChI=1S/C36H26N4O.Pt/c1-36(2,3)29-10-8-12-31-34(29)27-17-15-23(21-28(27)35-38-19-20-39(31)35)41-24-14-16-26-25-9-4-5-11-30(25)40(32(26)22-24)33-13-6-7-18-37-33;/h4-20H,1-3H3;/q-2;+2. The Morgan fingerprint density at radius 2 is 1.45 bits per heavy atom. The van der Waals surface area contributed by atoms with Gasteiger partial charge in [-0.05, 0) is 46.0 Å². The minimum absolute atomic E-state index is 0. The Labute approximate surface area is 257 Å². The van der Waals surface area contributed by atoms with Gasteiger partial charge in [-0.15, -0.1) is 29.7 Å². The average molecular weight is 726 g/mol. The Hall–Kier alpha value is -4.47. The second-order valence-corrected chi connectivity index (χ2v) is 11.4. The third-order valence-corrected chi connectivity index (χ3v) is 7.82. The molecule has 8 aromatic rings. The van der Waals surface area contributed by atoms with E-state index in [2.05, 4.69) is 95.4 Å². The number of ether oxygens (including phenoxy) is 1. The molecule has 0 fully saturated rings. The van der Waals surface area contributed by atoms with Crippen molar-refractivity contribution in [1.29, 1.82) is 0 Å². The third-order valence-electron chi connectivity index (χ3n) is 7.82. The molecule has 5 nitrogen and oxygen atoms in total. The van der Waals surface area contributed by atoms with Gasteiger partial charge in [-0.3, -0.25) is 4.98 Å². The van der Waals surface area contributed by atoms with E-state index >= 15 is 0 Å². The number of rotatable bonds is 3. The average Bonchev–Trinajstić information content (AvgIpc) is 3.60. The Morgan fingerprint density at radius 3 is 2.26 bits per heavy atom. The second-order valence-electron chi connectivity index (χ2n) is 11.4. The number of benzene rings is 4. The molecule has 4 heterocycles. The Balaban J connectivity index is 0.00000288. The zero-order valence-electron chi connectivity index (χ0n) is 23.3. The molecule has 0 N–H and O–H groups in total. The second kappa shape index (κ2) is 9.82. The molecule has 0 aliphatic carbocycles. The monoisotopic (exact) mass is 725 g/mol. The molecule has 0 amide bonds. The van der Waals surface area contributed by atoms with Crippen molar-refractivity contribution in [2.24, 2.45) is 0 Å². The molecule has 0 aliphatic heterocycles. The zero-order valence-corrected chi connectivity index (χ0v) is 25.6. The van der Waals surface area contributed by atoms with Gasteiger partial charge in [-0.2, -0.15) is 6.07 Å². The van der Waals surface area contributed by atoms with Crippen LogP contribution < -0.4 is 4.74 Å². The van der Waals surface area contributed by atoms with Crippen molar-refractivity contribution in [3.05, 3.63) is 121 Å². The number of pyridine rings is 2. The number of fused-ring (bicyclic) bond motifs is 9. The largest absolute Gasteiger partial charge is 2.00 e. The molecular formula is C36H26N4OPt. The maximum atomic E-state index is 6.43. The molecule has 0 atom stereocenters. The number of hydrogen-bond donors (Lipinski definition) is 0. The van der Waals surface area contributed by atoms with Crippen LogP contribution in [0.25, 0.3) is 54.9 Å². The predicted octanol–water partition coefficient (Wildman–Crippen LogP) is 8.82. The molecule has 6 heteroatoms. The summed E-state index contributed by atoms with van der Waals surface area (Å²) in [4.78, 5) is 9.33. The minimum atomic E-state index is -0.0215. The van der Waals surface area contributed by atoms with Gasteiger partial charge in [0.25, 0.3) is 0 Å². The third kappa shape index (κ3) is 4.03. The molecule has 8 rings (SSSR count). The molecule has 0 spiro atoms. The van der Waals surface area contributed by atoms with Gasteiger partial charge in [0.15, 0.2) is 0 Å². The van der Waals surface area contributed by atoms with Crippen LogP contribution in [-0.2, 0) is 26.5 Å². The molecule has 4 aromatic carbocycles. The number of nitrogens with zero attached hydrogens (tertiary/aromatic N) is 4. The molecule has 4 aromatic heterocycles. The smallest absolute Gasteiger partial charge is 0.503 e. The van der Waals surface area contributed by atoms with Crippen LogP contribution in [0.4, 0.5) is 0 Å². The summed E-state index contributed by atoms with van der Waals surface area (Å²) >= 11 is 0. The normalized spacial score (nSPS) is 12.0.